The second-order valence-electron chi connectivity index (χ2n) is 12.2. The van der Waals surface area contributed by atoms with Crippen LogP contribution in [0.15, 0.2) is 78.2 Å². The van der Waals surface area contributed by atoms with Crippen LogP contribution in [0, 0.1) is 11.6 Å². The summed E-state index contributed by atoms with van der Waals surface area (Å²) in [5, 5.41) is 1.00. The number of piperidine rings is 1. The first-order chi connectivity index (χ1) is 21.6. The number of likely N-dealkylation sites (tertiary alicyclic amines) is 1. The monoisotopic (exact) mass is 609 g/mol. The van der Waals surface area contributed by atoms with Gasteiger partial charge in [0.25, 0.3) is 5.91 Å². The molecule has 1 fully saturated rings. The molecular weight excluding hydrogens is 576 g/mol. The first kappa shape index (κ1) is 30.1. The Morgan fingerprint density at radius 3 is 2.64 bits per heavy atom. The topological polar surface area (TPSA) is 89.2 Å². The van der Waals surface area contributed by atoms with Gasteiger partial charge in [0.15, 0.2) is 11.5 Å². The summed E-state index contributed by atoms with van der Waals surface area (Å²) in [6, 6.07) is 14.8. The van der Waals surface area contributed by atoms with E-state index in [1.165, 1.54) is 24.4 Å². The van der Waals surface area contributed by atoms with Crippen LogP contribution in [0.25, 0.3) is 27.7 Å². The van der Waals surface area contributed by atoms with Gasteiger partial charge in [0.1, 0.15) is 11.4 Å². The van der Waals surface area contributed by atoms with E-state index in [9.17, 15) is 9.59 Å². The minimum Gasteiger partial charge on any atom is -0.444 e. The first-order valence-corrected chi connectivity index (χ1v) is 14.9. The van der Waals surface area contributed by atoms with Gasteiger partial charge in [-0.05, 0) is 87.6 Å². The molecule has 3 aromatic heterocycles. The molecule has 0 radical (unpaired) electrons. The van der Waals surface area contributed by atoms with Crippen molar-refractivity contribution in [3.63, 3.8) is 0 Å². The average molecular weight is 610 g/mol. The molecule has 0 bridgehead atoms. The van der Waals surface area contributed by atoms with Gasteiger partial charge in [0.2, 0.25) is 0 Å². The summed E-state index contributed by atoms with van der Waals surface area (Å²) in [6.07, 6.45) is 8.83. The first-order valence-electron chi connectivity index (χ1n) is 14.9. The molecule has 0 aliphatic carbocycles. The number of hydrogen-bond acceptors (Lipinski definition) is 5. The van der Waals surface area contributed by atoms with Crippen LogP contribution in [0.3, 0.4) is 0 Å². The van der Waals surface area contributed by atoms with Crippen LogP contribution < -0.4 is 0 Å². The van der Waals surface area contributed by atoms with Gasteiger partial charge in [-0.3, -0.25) is 9.78 Å². The number of pyridine rings is 2. The number of fused-ring (bicyclic) bond motifs is 2. The molecule has 6 rings (SSSR count). The fourth-order valence-corrected chi connectivity index (χ4v) is 5.58. The molecule has 1 aliphatic heterocycles. The van der Waals surface area contributed by atoms with Gasteiger partial charge in [-0.1, -0.05) is 18.2 Å². The Morgan fingerprint density at radius 2 is 1.84 bits per heavy atom. The zero-order valence-corrected chi connectivity index (χ0v) is 25.3. The lowest BCUT2D eigenvalue weighted by Gasteiger charge is -2.34. The quantitative estimate of drug-likeness (QED) is 0.194. The molecule has 1 aliphatic rings. The maximum absolute atomic E-state index is 15.3. The highest BCUT2D eigenvalue weighted by Crippen LogP contribution is 2.27. The van der Waals surface area contributed by atoms with Crippen LogP contribution in [-0.4, -0.2) is 55.7 Å². The van der Waals surface area contributed by atoms with Crippen molar-refractivity contribution in [2.24, 2.45) is 4.99 Å². The third-order valence-electron chi connectivity index (χ3n) is 7.76. The SMILES string of the molecule is CC(C)(C)OC(=O)N1CCCCC1C=NC(=O)c1ccc(-c2cc(F)c3ncc(Cc4ccc5ncccc5c4)n3c2)cc1F. The molecule has 8 nitrogen and oxygen atoms in total. The van der Waals surface area contributed by atoms with E-state index in [0.717, 1.165) is 35.0 Å². The number of carbonyl (C=O) groups is 2. The molecule has 45 heavy (non-hydrogen) atoms. The number of carbonyl (C=O) groups excluding carboxylic acids is 2. The van der Waals surface area contributed by atoms with Gasteiger partial charge in [-0.15, -0.1) is 0 Å². The van der Waals surface area contributed by atoms with E-state index in [1.807, 2.05) is 30.3 Å². The summed E-state index contributed by atoms with van der Waals surface area (Å²) < 4.78 is 37.6. The van der Waals surface area contributed by atoms with Crippen LogP contribution in [0.2, 0.25) is 0 Å². The summed E-state index contributed by atoms with van der Waals surface area (Å²) in [4.78, 5) is 39.8. The van der Waals surface area contributed by atoms with E-state index in [4.69, 9.17) is 4.74 Å². The van der Waals surface area contributed by atoms with E-state index < -0.39 is 35.3 Å². The van der Waals surface area contributed by atoms with Crippen molar-refractivity contribution in [3.8, 4) is 11.1 Å². The second-order valence-corrected chi connectivity index (χ2v) is 12.2. The molecule has 5 aromatic rings. The van der Waals surface area contributed by atoms with E-state index >= 15 is 8.78 Å². The van der Waals surface area contributed by atoms with Crippen LogP contribution in [0.1, 0.15) is 61.6 Å². The summed E-state index contributed by atoms with van der Waals surface area (Å²) in [6.45, 7) is 5.86. The Morgan fingerprint density at radius 1 is 1.02 bits per heavy atom. The highest BCUT2D eigenvalue weighted by atomic mass is 19.1. The number of amides is 2. The smallest absolute Gasteiger partial charge is 0.410 e. The standard InChI is InChI=1S/C35H33F2N5O3/c1-35(2,3)45-34(44)41-14-5-4-8-26(41)19-40-33(43)28-11-10-23(17-29(28)36)25-18-30(37)32-39-20-27(42(32)21-25)16-22-9-12-31-24(15-22)7-6-13-38-31/h6-7,9-13,15,17-21,26H,4-5,8,14,16H2,1-3H3. The molecule has 2 aromatic carbocycles. The van der Waals surface area contributed by atoms with E-state index in [2.05, 4.69) is 15.0 Å². The number of aliphatic imine (C=N–C) groups is 1. The van der Waals surface area contributed by atoms with Gasteiger partial charge in [-0.2, -0.15) is 0 Å². The third-order valence-corrected chi connectivity index (χ3v) is 7.76. The Labute approximate surface area is 259 Å². The molecule has 1 saturated heterocycles. The molecule has 230 valence electrons. The van der Waals surface area contributed by atoms with Gasteiger partial charge < -0.3 is 14.0 Å². The van der Waals surface area contributed by atoms with Crippen LogP contribution >= 0.6 is 0 Å². The number of halogens is 2. The largest absolute Gasteiger partial charge is 0.444 e. The van der Waals surface area contributed by atoms with Crippen molar-refractivity contribution in [1.29, 1.82) is 0 Å². The molecular formula is C35H33F2N5O3. The van der Waals surface area contributed by atoms with Crippen molar-refractivity contribution in [3.05, 3.63) is 102 Å². The van der Waals surface area contributed by atoms with E-state index in [0.29, 0.717) is 30.5 Å². The molecule has 1 unspecified atom stereocenters. The molecule has 4 heterocycles. The van der Waals surface area contributed by atoms with E-state index in [1.54, 1.807) is 54.7 Å². The van der Waals surface area contributed by atoms with Crippen molar-refractivity contribution in [1.82, 2.24) is 19.3 Å². The molecule has 1 atom stereocenters. The third kappa shape index (κ3) is 6.60. The minimum atomic E-state index is -0.779. The zero-order valence-electron chi connectivity index (χ0n) is 25.3. The van der Waals surface area contributed by atoms with Crippen LogP contribution in [0.4, 0.5) is 13.6 Å². The predicted molar refractivity (Wildman–Crippen MR) is 168 cm³/mol. The Balaban J connectivity index is 1.22. The number of rotatable bonds is 5. The highest BCUT2D eigenvalue weighted by Gasteiger charge is 2.30. The number of imidazole rings is 1. The van der Waals surface area contributed by atoms with Crippen LogP contribution in [-0.2, 0) is 11.2 Å². The second kappa shape index (κ2) is 12.2. The van der Waals surface area contributed by atoms with Crippen molar-refractivity contribution < 1.29 is 23.1 Å². The number of nitrogens with zero attached hydrogens (tertiary/aromatic N) is 5. The average Bonchev–Trinajstić information content (AvgIpc) is 3.42. The van der Waals surface area contributed by atoms with Gasteiger partial charge >= 0.3 is 6.09 Å². The van der Waals surface area contributed by atoms with Gasteiger partial charge in [0.05, 0.1) is 17.1 Å². The van der Waals surface area contributed by atoms with E-state index in [-0.39, 0.29) is 11.2 Å². The molecule has 10 heteroatoms. The molecule has 0 saturated carbocycles. The number of hydrogen-bond donors (Lipinski definition) is 0. The molecule has 2 amide bonds. The summed E-state index contributed by atoms with van der Waals surface area (Å²) >= 11 is 0. The zero-order chi connectivity index (χ0) is 31.7. The fraction of sp³-hybridized carbons (Fsp3) is 0.286. The molecule has 0 spiro atoms. The Kier molecular flexibility index (Phi) is 8.14. The lowest BCUT2D eigenvalue weighted by Crippen LogP contribution is -2.47. The maximum Gasteiger partial charge on any atom is 0.410 e. The fourth-order valence-electron chi connectivity index (χ4n) is 5.58. The predicted octanol–water partition coefficient (Wildman–Crippen LogP) is 7.42. The van der Waals surface area contributed by atoms with Crippen molar-refractivity contribution in [2.75, 3.05) is 6.54 Å². The van der Waals surface area contributed by atoms with Gasteiger partial charge in [0, 0.05) is 54.4 Å². The van der Waals surface area contributed by atoms with Crippen molar-refractivity contribution >= 4 is 34.8 Å². The number of ether oxygens (including phenoxy) is 1. The minimum absolute atomic E-state index is 0.168. The summed E-state index contributed by atoms with van der Waals surface area (Å²) in [5.74, 6) is -2.09. The maximum atomic E-state index is 15.3. The number of benzene rings is 2. The Hall–Kier alpha value is -4.99. The highest BCUT2D eigenvalue weighted by molar-refractivity contribution is 6.00. The number of aromatic nitrogens is 3. The van der Waals surface area contributed by atoms with Crippen LogP contribution in [0.5, 0.6) is 0 Å². The van der Waals surface area contributed by atoms with Crippen molar-refractivity contribution in [2.45, 2.75) is 58.1 Å². The lowest BCUT2D eigenvalue weighted by atomic mass is 10.0. The van der Waals surface area contributed by atoms with Gasteiger partial charge in [-0.25, -0.2) is 23.6 Å². The lowest BCUT2D eigenvalue weighted by molar-refractivity contribution is 0.0170. The normalized spacial score (nSPS) is 15.7. The Bertz CT molecular complexity index is 1950. The summed E-state index contributed by atoms with van der Waals surface area (Å²) in [5.41, 5.74) is 2.79. The molecule has 0 N–H and O–H groups in total. The summed E-state index contributed by atoms with van der Waals surface area (Å²) in [7, 11) is 0.